The fourth-order valence-corrected chi connectivity index (χ4v) is 8.99. The quantitative estimate of drug-likeness (QED) is 0.327. The van der Waals surface area contributed by atoms with Crippen LogP contribution in [0.3, 0.4) is 0 Å². The van der Waals surface area contributed by atoms with Gasteiger partial charge < -0.3 is 5.11 Å². The molecule has 6 atom stereocenters. The first-order chi connectivity index (χ1) is 17.9. The lowest BCUT2D eigenvalue weighted by molar-refractivity contribution is -0.0169. The van der Waals surface area contributed by atoms with Crippen LogP contribution >= 0.6 is 15.9 Å². The molecule has 37 heavy (non-hydrogen) atoms. The highest BCUT2D eigenvalue weighted by atomic mass is 79.9. The number of allylic oxidation sites excluding steroid dienone is 1. The van der Waals surface area contributed by atoms with Gasteiger partial charge in [-0.1, -0.05) is 83.9 Å². The van der Waals surface area contributed by atoms with Crippen molar-refractivity contribution in [1.29, 1.82) is 0 Å². The van der Waals surface area contributed by atoms with Crippen LogP contribution in [0, 0.1) is 23.2 Å². The molecule has 4 heteroatoms. The summed E-state index contributed by atoms with van der Waals surface area (Å²) >= 11 is 3.70. The third kappa shape index (κ3) is 3.62. The number of hydrogen-bond donors (Lipinski definition) is 1. The second-order valence-electron chi connectivity index (χ2n) is 12.4. The van der Waals surface area contributed by atoms with Crippen LogP contribution in [0.2, 0.25) is 0 Å². The summed E-state index contributed by atoms with van der Waals surface area (Å²) in [6.45, 7) is 5.00. The molecule has 2 fully saturated rings. The molecule has 3 nitrogen and oxygen atoms in total. The number of benzene rings is 2. The number of nitrogens with zero attached hydrogens (tertiary/aromatic N) is 2. The molecule has 0 bridgehead atoms. The Morgan fingerprint density at radius 3 is 2.46 bits per heavy atom. The van der Waals surface area contributed by atoms with Gasteiger partial charge in [-0.3, -0.25) is 0 Å². The van der Waals surface area contributed by atoms with Gasteiger partial charge in [-0.15, -0.1) is 0 Å². The lowest BCUT2D eigenvalue weighted by Gasteiger charge is -2.57. The molecule has 4 aliphatic rings. The van der Waals surface area contributed by atoms with E-state index in [1.54, 1.807) is 0 Å². The summed E-state index contributed by atoms with van der Waals surface area (Å²) in [6.07, 6.45) is 9.94. The van der Waals surface area contributed by atoms with Gasteiger partial charge in [-0.25, -0.2) is 9.97 Å². The van der Waals surface area contributed by atoms with Gasteiger partial charge in [-0.2, -0.15) is 0 Å². The molecule has 7 rings (SSSR count). The van der Waals surface area contributed by atoms with Crippen molar-refractivity contribution < 1.29 is 5.11 Å². The molecule has 1 heterocycles. The van der Waals surface area contributed by atoms with Gasteiger partial charge in [0, 0.05) is 26.6 Å². The van der Waals surface area contributed by atoms with E-state index in [1.165, 1.54) is 35.2 Å². The van der Waals surface area contributed by atoms with Crippen LogP contribution in [-0.4, -0.2) is 21.2 Å². The second kappa shape index (κ2) is 8.61. The summed E-state index contributed by atoms with van der Waals surface area (Å²) < 4.78 is 1.08. The predicted molar refractivity (Wildman–Crippen MR) is 152 cm³/mol. The van der Waals surface area contributed by atoms with Crippen molar-refractivity contribution in [3.8, 4) is 22.6 Å². The van der Waals surface area contributed by atoms with Gasteiger partial charge >= 0.3 is 0 Å². The van der Waals surface area contributed by atoms with E-state index in [0.717, 1.165) is 53.7 Å². The minimum Gasteiger partial charge on any atom is -0.393 e. The molecule has 3 aromatic rings. The Kier molecular flexibility index (Phi) is 5.53. The topological polar surface area (TPSA) is 46.0 Å². The van der Waals surface area contributed by atoms with E-state index in [0.29, 0.717) is 17.8 Å². The maximum absolute atomic E-state index is 10.4. The molecule has 0 amide bonds. The zero-order valence-electron chi connectivity index (χ0n) is 21.8. The van der Waals surface area contributed by atoms with Crippen LogP contribution < -0.4 is 0 Å². The van der Waals surface area contributed by atoms with Crippen LogP contribution in [0.1, 0.15) is 63.6 Å². The number of fused-ring (bicyclic) bond motifs is 7. The van der Waals surface area contributed by atoms with E-state index in [9.17, 15) is 5.11 Å². The highest BCUT2D eigenvalue weighted by Crippen LogP contribution is 2.64. The third-order valence-corrected chi connectivity index (χ3v) is 11.1. The molecule has 1 N–H and O–H groups in total. The van der Waals surface area contributed by atoms with Gasteiger partial charge in [0.25, 0.3) is 0 Å². The molecular weight excluding hydrogens is 520 g/mol. The number of hydrogen-bond acceptors (Lipinski definition) is 3. The van der Waals surface area contributed by atoms with E-state index in [4.69, 9.17) is 9.97 Å². The summed E-state index contributed by atoms with van der Waals surface area (Å²) in [7, 11) is 0. The van der Waals surface area contributed by atoms with Crippen LogP contribution in [0.15, 0.2) is 70.7 Å². The average Bonchev–Trinajstić information content (AvgIpc) is 3.21. The summed E-state index contributed by atoms with van der Waals surface area (Å²) in [4.78, 5) is 10.6. The summed E-state index contributed by atoms with van der Waals surface area (Å²) in [5, 5.41) is 10.4. The largest absolute Gasteiger partial charge is 0.393 e. The van der Waals surface area contributed by atoms with Crippen LogP contribution in [0.5, 0.6) is 0 Å². The maximum atomic E-state index is 10.4. The molecule has 2 aromatic carbocycles. The van der Waals surface area contributed by atoms with Gasteiger partial charge in [0.2, 0.25) is 0 Å². The zero-order valence-corrected chi connectivity index (χ0v) is 23.3. The SMILES string of the molecule is C[C@]12CC[C@H](O)CC1=CC[C@H]1[C@@H]2CC[C@]2(C)c3nc(-c4ccccc4)nc(-c4cccc(Br)c4)c3C[C@@H]12. The van der Waals surface area contributed by atoms with Gasteiger partial charge in [-0.05, 0) is 80.2 Å². The second-order valence-corrected chi connectivity index (χ2v) is 13.3. The lowest BCUT2D eigenvalue weighted by Crippen LogP contribution is -2.51. The molecule has 0 unspecified atom stereocenters. The van der Waals surface area contributed by atoms with Crippen molar-refractivity contribution in [2.24, 2.45) is 23.2 Å². The van der Waals surface area contributed by atoms with Crippen molar-refractivity contribution in [3.05, 3.63) is 82.0 Å². The predicted octanol–water partition coefficient (Wildman–Crippen LogP) is 7.91. The number of rotatable bonds is 2. The van der Waals surface area contributed by atoms with E-state index in [-0.39, 0.29) is 16.9 Å². The average molecular weight is 556 g/mol. The number of halogens is 1. The van der Waals surface area contributed by atoms with Crippen molar-refractivity contribution in [2.45, 2.75) is 70.3 Å². The molecule has 0 radical (unpaired) electrons. The summed E-state index contributed by atoms with van der Waals surface area (Å²) in [5.41, 5.74) is 7.86. The highest BCUT2D eigenvalue weighted by Gasteiger charge is 2.58. The molecule has 190 valence electrons. The van der Waals surface area contributed by atoms with Crippen molar-refractivity contribution in [2.75, 3.05) is 0 Å². The minimum atomic E-state index is -0.153. The van der Waals surface area contributed by atoms with E-state index < -0.39 is 0 Å². The number of aliphatic hydroxyl groups is 1. The number of aromatic nitrogens is 2. The van der Waals surface area contributed by atoms with Crippen LogP contribution in [-0.2, 0) is 11.8 Å². The normalized spacial score (nSPS) is 34.1. The summed E-state index contributed by atoms with van der Waals surface area (Å²) in [5.74, 6) is 2.78. The van der Waals surface area contributed by atoms with E-state index in [1.807, 2.05) is 0 Å². The lowest BCUT2D eigenvalue weighted by atomic mass is 9.48. The Bertz CT molecular complexity index is 1400. The molecule has 0 saturated heterocycles. The Hall–Kier alpha value is -2.30. The van der Waals surface area contributed by atoms with Gasteiger partial charge in [0.15, 0.2) is 5.82 Å². The number of aliphatic hydroxyl groups excluding tert-OH is 1. The first kappa shape index (κ1) is 23.8. The molecule has 1 aromatic heterocycles. The third-order valence-electron chi connectivity index (χ3n) is 10.6. The minimum absolute atomic E-state index is 0.0691. The Morgan fingerprint density at radius 2 is 1.65 bits per heavy atom. The first-order valence-electron chi connectivity index (χ1n) is 14.0. The van der Waals surface area contributed by atoms with E-state index in [2.05, 4.69) is 90.5 Å². The van der Waals surface area contributed by atoms with Crippen molar-refractivity contribution in [1.82, 2.24) is 9.97 Å². The van der Waals surface area contributed by atoms with Crippen molar-refractivity contribution >= 4 is 15.9 Å². The fraction of sp³-hybridized carbons (Fsp3) is 0.455. The molecule has 0 aliphatic heterocycles. The smallest absolute Gasteiger partial charge is 0.160 e. The van der Waals surface area contributed by atoms with E-state index >= 15 is 0 Å². The Balaban J connectivity index is 1.36. The van der Waals surface area contributed by atoms with Crippen molar-refractivity contribution in [3.63, 3.8) is 0 Å². The standard InChI is InChI=1S/C33H35BrN2O/c1-32-15-13-24(37)18-22(32)11-12-25-27(32)14-16-33(2)28(25)19-26-29(21-9-6-10-23(34)17-21)35-31(36-30(26)33)20-7-4-3-5-8-20/h3-11,17,24-25,27-28,37H,12-16,18-19H2,1-2H3/t24-,25-,27-,28-,32-,33-/m0/s1. The Morgan fingerprint density at radius 1 is 0.865 bits per heavy atom. The molecule has 2 saturated carbocycles. The monoisotopic (exact) mass is 554 g/mol. The van der Waals surface area contributed by atoms with Crippen LogP contribution in [0.25, 0.3) is 22.6 Å². The van der Waals surface area contributed by atoms with Gasteiger partial charge in [0.1, 0.15) is 0 Å². The fourth-order valence-electron chi connectivity index (χ4n) is 8.59. The molecule has 0 spiro atoms. The Labute approximate surface area is 228 Å². The first-order valence-corrected chi connectivity index (χ1v) is 14.8. The summed E-state index contributed by atoms with van der Waals surface area (Å²) in [6, 6.07) is 19.1. The van der Waals surface area contributed by atoms with Gasteiger partial charge in [0.05, 0.1) is 17.5 Å². The highest BCUT2D eigenvalue weighted by molar-refractivity contribution is 9.10. The molecular formula is C33H35BrN2O. The molecule has 4 aliphatic carbocycles. The maximum Gasteiger partial charge on any atom is 0.160 e. The zero-order chi connectivity index (χ0) is 25.4. The van der Waals surface area contributed by atoms with Crippen LogP contribution in [0.4, 0.5) is 0 Å².